The molecular weight excluding hydrogens is 282 g/mol. The highest BCUT2D eigenvalue weighted by molar-refractivity contribution is 5.73. The number of nitrogens with zero attached hydrogens (tertiary/aromatic N) is 2. The van der Waals surface area contributed by atoms with E-state index in [-0.39, 0.29) is 5.75 Å². The Labute approximate surface area is 127 Å². The van der Waals surface area contributed by atoms with Crippen molar-refractivity contribution in [1.29, 1.82) is 0 Å². The van der Waals surface area contributed by atoms with Crippen LogP contribution in [0.25, 0.3) is 11.3 Å². The molecule has 0 amide bonds. The van der Waals surface area contributed by atoms with Crippen molar-refractivity contribution in [3.8, 4) is 17.0 Å². The number of hydrogen-bond acceptors (Lipinski definition) is 6. The Morgan fingerprint density at radius 2 is 2.18 bits per heavy atom. The first kappa shape index (κ1) is 13.5. The van der Waals surface area contributed by atoms with Gasteiger partial charge in [-0.15, -0.1) is 10.2 Å². The minimum absolute atomic E-state index is 0.185. The summed E-state index contributed by atoms with van der Waals surface area (Å²) in [6.07, 6.45) is 0.759. The van der Waals surface area contributed by atoms with Gasteiger partial charge in [0.2, 0.25) is 0 Å². The van der Waals surface area contributed by atoms with Crippen LogP contribution in [0.15, 0.2) is 18.2 Å². The molecule has 0 bridgehead atoms. The van der Waals surface area contributed by atoms with Gasteiger partial charge in [-0.2, -0.15) is 0 Å². The molecule has 1 spiro atoms. The number of nitrogens with two attached hydrogens (primary N) is 1. The third kappa shape index (κ3) is 1.81. The van der Waals surface area contributed by atoms with Gasteiger partial charge in [0.15, 0.2) is 5.82 Å². The van der Waals surface area contributed by atoms with Gasteiger partial charge in [0.05, 0.1) is 13.2 Å². The monoisotopic (exact) mass is 299 g/mol. The predicted molar refractivity (Wildman–Crippen MR) is 80.2 cm³/mol. The lowest BCUT2D eigenvalue weighted by molar-refractivity contribution is -0.0417. The molecule has 0 saturated carbocycles. The van der Waals surface area contributed by atoms with Crippen LogP contribution in [0.5, 0.6) is 5.75 Å². The molecule has 6 heteroatoms. The number of nitrogen functional groups attached to an aromatic ring is 1. The molecule has 4 rings (SSSR count). The van der Waals surface area contributed by atoms with Crippen molar-refractivity contribution < 1.29 is 14.6 Å². The number of phenols is 1. The van der Waals surface area contributed by atoms with E-state index in [1.54, 1.807) is 6.07 Å². The summed E-state index contributed by atoms with van der Waals surface area (Å²) in [5.74, 6) is 0.568. The zero-order valence-corrected chi connectivity index (χ0v) is 12.3. The Morgan fingerprint density at radius 1 is 1.32 bits per heavy atom. The summed E-state index contributed by atoms with van der Waals surface area (Å²) in [5, 5.41) is 18.5. The molecule has 3 N–H and O–H groups in total. The number of ether oxygens (including phenoxy) is 2. The summed E-state index contributed by atoms with van der Waals surface area (Å²) in [6.45, 7) is 3.46. The molecule has 1 unspecified atom stereocenters. The quantitative estimate of drug-likeness (QED) is 0.835. The maximum absolute atomic E-state index is 10.2. The summed E-state index contributed by atoms with van der Waals surface area (Å²) >= 11 is 0. The van der Waals surface area contributed by atoms with Crippen LogP contribution in [0.4, 0.5) is 5.82 Å². The normalized spacial score (nSPS) is 23.1. The van der Waals surface area contributed by atoms with Crippen LogP contribution in [0.1, 0.15) is 23.1 Å². The molecule has 2 aliphatic rings. The maximum Gasteiger partial charge on any atom is 0.152 e. The Kier molecular flexibility index (Phi) is 2.85. The average molecular weight is 299 g/mol. The highest BCUT2D eigenvalue weighted by Crippen LogP contribution is 2.47. The van der Waals surface area contributed by atoms with E-state index < -0.39 is 5.60 Å². The van der Waals surface area contributed by atoms with Crippen molar-refractivity contribution in [2.45, 2.75) is 25.6 Å². The van der Waals surface area contributed by atoms with Crippen LogP contribution < -0.4 is 5.73 Å². The molecule has 1 atom stereocenters. The van der Waals surface area contributed by atoms with E-state index in [9.17, 15) is 5.11 Å². The second-order valence-electron chi connectivity index (χ2n) is 5.89. The minimum atomic E-state index is -0.510. The Morgan fingerprint density at radius 3 is 2.91 bits per heavy atom. The van der Waals surface area contributed by atoms with E-state index >= 15 is 0 Å². The van der Waals surface area contributed by atoms with Gasteiger partial charge in [0, 0.05) is 29.7 Å². The highest BCUT2D eigenvalue weighted by Gasteiger charge is 2.47. The van der Waals surface area contributed by atoms with Crippen molar-refractivity contribution in [3.63, 3.8) is 0 Å². The smallest absolute Gasteiger partial charge is 0.152 e. The van der Waals surface area contributed by atoms with Crippen molar-refractivity contribution in [3.05, 3.63) is 34.9 Å². The standard InChI is InChI=1S/C16H17N3O3/c1-9-2-3-10(12(20)6-9)14-11-7-22-16(4-5-21-8-16)13(11)15(17)19-18-14/h2-3,6,20H,4-5,7-8H2,1H3,(H2,17,19). The van der Waals surface area contributed by atoms with E-state index in [0.29, 0.717) is 36.9 Å². The largest absolute Gasteiger partial charge is 0.507 e. The number of rotatable bonds is 1. The summed E-state index contributed by atoms with van der Waals surface area (Å²) in [6, 6.07) is 5.50. The lowest BCUT2D eigenvalue weighted by Gasteiger charge is -2.22. The lowest BCUT2D eigenvalue weighted by atomic mass is 9.90. The van der Waals surface area contributed by atoms with E-state index in [4.69, 9.17) is 15.2 Å². The summed E-state index contributed by atoms with van der Waals surface area (Å²) < 4.78 is 11.5. The van der Waals surface area contributed by atoms with Crippen LogP contribution in [-0.4, -0.2) is 28.5 Å². The van der Waals surface area contributed by atoms with Crippen LogP contribution in [0.3, 0.4) is 0 Å². The number of anilines is 1. The maximum atomic E-state index is 10.2. The lowest BCUT2D eigenvalue weighted by Crippen LogP contribution is -2.27. The first-order valence-corrected chi connectivity index (χ1v) is 7.28. The second kappa shape index (κ2) is 4.66. The van der Waals surface area contributed by atoms with Gasteiger partial charge in [0.1, 0.15) is 17.0 Å². The molecule has 3 heterocycles. The fraction of sp³-hybridized carbons (Fsp3) is 0.375. The van der Waals surface area contributed by atoms with Gasteiger partial charge in [0.25, 0.3) is 0 Å². The molecule has 1 fully saturated rings. The number of phenolic OH excluding ortho intramolecular Hbond substituents is 1. The Hall–Kier alpha value is -2.18. The van der Waals surface area contributed by atoms with Gasteiger partial charge in [-0.1, -0.05) is 6.07 Å². The minimum Gasteiger partial charge on any atom is -0.507 e. The van der Waals surface area contributed by atoms with Gasteiger partial charge in [-0.05, 0) is 24.6 Å². The molecule has 1 aromatic carbocycles. The van der Waals surface area contributed by atoms with Crippen molar-refractivity contribution in [1.82, 2.24) is 10.2 Å². The Balaban J connectivity index is 1.92. The van der Waals surface area contributed by atoms with Crippen molar-refractivity contribution >= 4 is 5.82 Å². The third-order valence-electron chi connectivity index (χ3n) is 4.44. The van der Waals surface area contributed by atoms with E-state index in [0.717, 1.165) is 23.1 Å². The number of aryl methyl sites for hydroxylation is 1. The average Bonchev–Trinajstić information content (AvgIpc) is 3.10. The van der Waals surface area contributed by atoms with Gasteiger partial charge in [-0.25, -0.2) is 0 Å². The zero-order chi connectivity index (χ0) is 15.3. The SMILES string of the molecule is Cc1ccc(-c2nnc(N)c3c2COC32CCOC2)c(O)c1. The van der Waals surface area contributed by atoms with Gasteiger partial charge >= 0.3 is 0 Å². The van der Waals surface area contributed by atoms with Crippen molar-refractivity contribution in [2.75, 3.05) is 18.9 Å². The van der Waals surface area contributed by atoms with Crippen LogP contribution >= 0.6 is 0 Å². The van der Waals surface area contributed by atoms with E-state index in [1.807, 2.05) is 19.1 Å². The summed E-state index contributed by atoms with van der Waals surface area (Å²) in [4.78, 5) is 0. The molecule has 1 aromatic heterocycles. The third-order valence-corrected chi connectivity index (χ3v) is 4.44. The van der Waals surface area contributed by atoms with Crippen LogP contribution in [0.2, 0.25) is 0 Å². The predicted octanol–water partition coefficient (Wildman–Crippen LogP) is 1.89. The molecule has 6 nitrogen and oxygen atoms in total. The fourth-order valence-electron chi connectivity index (χ4n) is 3.33. The molecular formula is C16H17N3O3. The molecule has 2 aliphatic heterocycles. The molecule has 2 aromatic rings. The second-order valence-corrected chi connectivity index (χ2v) is 5.89. The van der Waals surface area contributed by atoms with Gasteiger partial charge in [-0.3, -0.25) is 0 Å². The first-order chi connectivity index (χ1) is 10.6. The first-order valence-electron chi connectivity index (χ1n) is 7.28. The van der Waals surface area contributed by atoms with Crippen LogP contribution in [-0.2, 0) is 21.7 Å². The van der Waals surface area contributed by atoms with E-state index in [2.05, 4.69) is 10.2 Å². The highest BCUT2D eigenvalue weighted by atomic mass is 16.6. The Bertz CT molecular complexity index is 755. The summed E-state index contributed by atoms with van der Waals surface area (Å²) in [7, 11) is 0. The zero-order valence-electron chi connectivity index (χ0n) is 12.3. The molecule has 0 aliphatic carbocycles. The number of hydrogen-bond donors (Lipinski definition) is 2. The van der Waals surface area contributed by atoms with E-state index in [1.165, 1.54) is 0 Å². The number of benzene rings is 1. The molecule has 1 saturated heterocycles. The fourth-order valence-corrected chi connectivity index (χ4v) is 3.33. The number of aromatic hydroxyl groups is 1. The number of fused-ring (bicyclic) bond motifs is 2. The van der Waals surface area contributed by atoms with Crippen molar-refractivity contribution in [2.24, 2.45) is 0 Å². The van der Waals surface area contributed by atoms with Gasteiger partial charge < -0.3 is 20.3 Å². The summed E-state index contributed by atoms with van der Waals surface area (Å²) in [5.41, 5.74) is 9.59. The molecule has 114 valence electrons. The molecule has 0 radical (unpaired) electrons. The number of aromatic nitrogens is 2. The molecule has 22 heavy (non-hydrogen) atoms. The van der Waals surface area contributed by atoms with Crippen LogP contribution in [0, 0.1) is 6.92 Å². The topological polar surface area (TPSA) is 90.5 Å².